The molecule has 0 saturated carbocycles. The second kappa shape index (κ2) is 14.3. The van der Waals surface area contributed by atoms with E-state index in [2.05, 4.69) is 132 Å². The van der Waals surface area contributed by atoms with Crippen LogP contribution >= 0.6 is 0 Å². The average Bonchev–Trinajstić information content (AvgIpc) is 3.62. The highest BCUT2D eigenvalue weighted by Gasteiger charge is 2.37. The number of aryl methyl sites for hydroxylation is 1. The van der Waals surface area contributed by atoms with Gasteiger partial charge in [-0.25, -0.2) is 4.98 Å². The first-order valence-electron chi connectivity index (χ1n) is 14.2. The van der Waals surface area contributed by atoms with Crippen LogP contribution in [0.15, 0.2) is 170 Å². The van der Waals surface area contributed by atoms with E-state index < -0.39 is 0 Å². The van der Waals surface area contributed by atoms with Crippen molar-refractivity contribution in [2.75, 3.05) is 0 Å². The summed E-state index contributed by atoms with van der Waals surface area (Å²) in [5.74, 6) is 1.66. The van der Waals surface area contributed by atoms with Gasteiger partial charge in [-0.05, 0) is 39.8 Å². The van der Waals surface area contributed by atoms with Crippen molar-refractivity contribution in [3.8, 4) is 0 Å². The smallest absolute Gasteiger partial charge is 0.127 e. The molecule has 2 nitrogen and oxygen atoms in total. The molecule has 0 amide bonds. The van der Waals surface area contributed by atoms with E-state index in [1.165, 1.54) is 21.9 Å². The summed E-state index contributed by atoms with van der Waals surface area (Å²) in [4.78, 5) is 4.38. The summed E-state index contributed by atoms with van der Waals surface area (Å²) in [6, 6.07) is 50.8. The Kier molecular flexibility index (Phi) is 9.82. The maximum atomic E-state index is 5.67. The van der Waals surface area contributed by atoms with Crippen LogP contribution in [0, 0.1) is 0 Å². The Hall–Kier alpha value is -4.67. The minimum Gasteiger partial charge on any atom is -0.326 e. The van der Waals surface area contributed by atoms with Crippen LogP contribution in [0.2, 0.25) is 0 Å². The van der Waals surface area contributed by atoms with Gasteiger partial charge in [0.15, 0.2) is 0 Å². The lowest BCUT2D eigenvalue weighted by Gasteiger charge is -2.36. The highest BCUT2D eigenvalue weighted by molar-refractivity contribution is 6.57. The van der Waals surface area contributed by atoms with Crippen molar-refractivity contribution in [2.24, 2.45) is 0 Å². The molecule has 0 aliphatic heterocycles. The lowest BCUT2D eigenvalue weighted by molar-refractivity contribution is 0.596. The molecule has 0 atom stereocenters. The number of aromatic nitrogens is 2. The van der Waals surface area contributed by atoms with Crippen LogP contribution in [0.4, 0.5) is 0 Å². The third-order valence-electron chi connectivity index (χ3n) is 7.27. The minimum absolute atomic E-state index is 0.314. The summed E-state index contributed by atoms with van der Waals surface area (Å²) in [7, 11) is 6.21. The Labute approximate surface area is 253 Å². The fourth-order valence-electron chi connectivity index (χ4n) is 5.16. The molecule has 6 aromatic rings. The van der Waals surface area contributed by atoms with Crippen molar-refractivity contribution in [1.29, 1.82) is 0 Å². The number of hydrogen-bond donors (Lipinski definition) is 0. The van der Waals surface area contributed by atoms with Crippen LogP contribution in [0.3, 0.4) is 0 Å². The molecule has 0 N–H and O–H groups in total. The predicted octanol–water partition coefficient (Wildman–Crippen LogP) is 7.47. The number of nitrogens with zero attached hydrogens (tertiary/aromatic N) is 2. The van der Waals surface area contributed by atoms with Gasteiger partial charge in [-0.1, -0.05) is 158 Å². The summed E-state index contributed by atoms with van der Waals surface area (Å²) < 4.78 is 2.26. The molecule has 0 fully saturated rings. The summed E-state index contributed by atoms with van der Waals surface area (Å²) in [6.07, 6.45) is 6.94. The summed E-state index contributed by atoms with van der Waals surface area (Å²) >= 11 is 0. The standard InChI is InChI=1S/C24H22N2Si.C14H11B/c1-2-20-10-9-15-23(18-20)27-24(26-17-16-25-19-26,21-11-5-3-6-12-21)22-13-7-4-8-14-22;15-11-14(12-7-3-1-4-8-12)13-9-5-2-6-10-13/h3-19H,2H2,1H3;1-11H. The van der Waals surface area contributed by atoms with Gasteiger partial charge in [0.1, 0.15) is 17.4 Å². The predicted molar refractivity (Wildman–Crippen MR) is 178 cm³/mol. The monoisotopic (exact) mass is 556 g/mol. The number of rotatable bonds is 8. The Bertz CT molecular complexity index is 1590. The summed E-state index contributed by atoms with van der Waals surface area (Å²) in [5, 5.41) is 1.04. The van der Waals surface area contributed by atoms with Gasteiger partial charge in [0.05, 0.1) is 11.5 Å². The van der Waals surface area contributed by atoms with Crippen LogP contribution < -0.4 is 5.19 Å². The van der Waals surface area contributed by atoms with Crippen molar-refractivity contribution < 1.29 is 0 Å². The van der Waals surface area contributed by atoms with Crippen LogP contribution in [0.25, 0.3) is 5.57 Å². The zero-order valence-corrected chi connectivity index (χ0v) is 24.8. The average molecular weight is 557 g/mol. The first-order valence-corrected chi connectivity index (χ1v) is 15.2. The minimum atomic E-state index is -0.314. The normalized spacial score (nSPS) is 10.8. The molecule has 1 aromatic heterocycles. The molecular formula is C38H33BN2Si. The molecule has 42 heavy (non-hydrogen) atoms. The van der Waals surface area contributed by atoms with Crippen molar-refractivity contribution in [1.82, 2.24) is 9.55 Å². The summed E-state index contributed by atoms with van der Waals surface area (Å²) in [5.41, 5.74) is 7.28. The number of imidazole rings is 1. The largest absolute Gasteiger partial charge is 0.326 e. The van der Waals surface area contributed by atoms with E-state index in [-0.39, 0.29) is 5.16 Å². The molecule has 0 bridgehead atoms. The number of benzene rings is 5. The fourth-order valence-corrected chi connectivity index (χ4v) is 6.90. The quantitative estimate of drug-likeness (QED) is 0.178. The maximum Gasteiger partial charge on any atom is 0.127 e. The molecule has 6 rings (SSSR count). The van der Waals surface area contributed by atoms with Gasteiger partial charge in [0, 0.05) is 12.4 Å². The van der Waals surface area contributed by atoms with Gasteiger partial charge in [0.2, 0.25) is 0 Å². The van der Waals surface area contributed by atoms with Gasteiger partial charge in [0.25, 0.3) is 0 Å². The Morgan fingerprint density at radius 2 is 1.24 bits per heavy atom. The van der Waals surface area contributed by atoms with Gasteiger partial charge in [-0.15, -0.1) is 5.98 Å². The molecule has 0 saturated heterocycles. The molecule has 5 aromatic carbocycles. The van der Waals surface area contributed by atoms with Crippen molar-refractivity contribution in [2.45, 2.75) is 18.5 Å². The fraction of sp³-hybridized carbons (Fsp3) is 0.0789. The Morgan fingerprint density at radius 1 is 0.714 bits per heavy atom. The lowest BCUT2D eigenvalue weighted by atomic mass is 9.92. The van der Waals surface area contributed by atoms with Crippen LogP contribution in [0.1, 0.15) is 34.7 Å². The van der Waals surface area contributed by atoms with E-state index in [4.69, 9.17) is 7.85 Å². The molecule has 1 heterocycles. The van der Waals surface area contributed by atoms with Crippen molar-refractivity contribution in [3.63, 3.8) is 0 Å². The highest BCUT2D eigenvalue weighted by atomic mass is 28.2. The maximum absolute atomic E-state index is 5.67. The van der Waals surface area contributed by atoms with Crippen LogP contribution in [-0.2, 0) is 11.6 Å². The van der Waals surface area contributed by atoms with E-state index in [0.717, 1.165) is 23.1 Å². The van der Waals surface area contributed by atoms with Crippen molar-refractivity contribution >= 4 is 28.1 Å². The second-order valence-corrected chi connectivity index (χ2v) is 11.5. The molecule has 202 valence electrons. The third-order valence-corrected chi connectivity index (χ3v) is 9.07. The van der Waals surface area contributed by atoms with Crippen LogP contribution in [-0.4, -0.2) is 26.9 Å². The van der Waals surface area contributed by atoms with Crippen LogP contribution in [0.5, 0.6) is 0 Å². The van der Waals surface area contributed by atoms with Gasteiger partial charge in [-0.2, -0.15) is 0 Å². The van der Waals surface area contributed by atoms with E-state index in [0.29, 0.717) is 9.52 Å². The zero-order valence-electron chi connectivity index (χ0n) is 23.8. The molecule has 0 aliphatic carbocycles. The van der Waals surface area contributed by atoms with Gasteiger partial charge < -0.3 is 4.57 Å². The molecular weight excluding hydrogens is 523 g/mol. The summed E-state index contributed by atoms with van der Waals surface area (Å²) in [6.45, 7) is 2.21. The highest BCUT2D eigenvalue weighted by Crippen LogP contribution is 2.33. The number of hydrogen-bond acceptors (Lipinski definition) is 1. The van der Waals surface area contributed by atoms with E-state index in [9.17, 15) is 0 Å². The Morgan fingerprint density at radius 3 is 1.69 bits per heavy atom. The first kappa shape index (κ1) is 28.8. The van der Waals surface area contributed by atoms with Crippen molar-refractivity contribution in [3.05, 3.63) is 198 Å². The topological polar surface area (TPSA) is 17.8 Å². The SMILES string of the molecule is CCc1cccc([Si]C(c2ccccc2)(c2ccccc2)n2ccnc2)c1.[B]C=C(c1ccccc1)c1ccccc1. The van der Waals surface area contributed by atoms with Gasteiger partial charge >= 0.3 is 0 Å². The van der Waals surface area contributed by atoms with E-state index in [1.54, 1.807) is 5.98 Å². The molecule has 0 aliphatic rings. The lowest BCUT2D eigenvalue weighted by Crippen LogP contribution is -2.46. The third kappa shape index (κ3) is 6.62. The molecule has 0 spiro atoms. The molecule has 4 radical (unpaired) electrons. The van der Waals surface area contributed by atoms with E-state index >= 15 is 0 Å². The Balaban J connectivity index is 0.000000199. The van der Waals surface area contributed by atoms with Gasteiger partial charge in [-0.3, -0.25) is 0 Å². The molecule has 4 heteroatoms. The van der Waals surface area contributed by atoms with E-state index in [1.807, 2.05) is 48.9 Å². The first-order chi connectivity index (χ1) is 20.7. The zero-order chi connectivity index (χ0) is 29.0. The second-order valence-electron chi connectivity index (χ2n) is 9.90. The molecule has 0 unspecified atom stereocenters.